The van der Waals surface area contributed by atoms with Gasteiger partial charge in [-0.15, -0.1) is 0 Å². The first kappa shape index (κ1) is 25.8. The summed E-state index contributed by atoms with van der Waals surface area (Å²) < 4.78 is 8.34. The summed E-state index contributed by atoms with van der Waals surface area (Å²) in [6, 6.07) is 25.5. The SMILES string of the molecule is Cc1ccc(C(=O)Oc2c(Br)cc(Br)cc2C=Nn2c(-c3ccc(C)cc3)nc3ccccc3c2=O)cc1. The van der Waals surface area contributed by atoms with Crippen molar-refractivity contribution in [3.8, 4) is 17.1 Å². The third-order valence-electron chi connectivity index (χ3n) is 5.89. The summed E-state index contributed by atoms with van der Waals surface area (Å²) in [7, 11) is 0. The number of hydrogen-bond acceptors (Lipinski definition) is 5. The number of benzene rings is 4. The van der Waals surface area contributed by atoms with Crippen LogP contribution in [-0.2, 0) is 0 Å². The third-order valence-corrected chi connectivity index (χ3v) is 6.94. The standard InChI is InChI=1S/C30H21Br2N3O3/c1-18-7-11-20(12-8-18)28-34-26-6-4-3-5-24(26)29(36)35(28)33-17-22-15-23(31)16-25(32)27(22)38-30(37)21-13-9-19(2)10-14-21/h3-17H,1-2H3. The normalized spacial score (nSPS) is 11.3. The van der Waals surface area contributed by atoms with Crippen molar-refractivity contribution in [2.24, 2.45) is 5.10 Å². The highest BCUT2D eigenvalue weighted by atomic mass is 79.9. The zero-order valence-electron chi connectivity index (χ0n) is 20.5. The fourth-order valence-corrected chi connectivity index (χ4v) is 5.20. The van der Waals surface area contributed by atoms with Crippen molar-refractivity contribution in [1.29, 1.82) is 0 Å². The van der Waals surface area contributed by atoms with Crippen LogP contribution in [0.5, 0.6) is 5.75 Å². The van der Waals surface area contributed by atoms with Crippen LogP contribution < -0.4 is 10.3 Å². The second-order valence-electron chi connectivity index (χ2n) is 8.74. The quantitative estimate of drug-likeness (QED) is 0.116. The third kappa shape index (κ3) is 5.37. The summed E-state index contributed by atoms with van der Waals surface area (Å²) in [6.07, 6.45) is 1.49. The van der Waals surface area contributed by atoms with E-state index in [-0.39, 0.29) is 11.3 Å². The molecule has 6 nitrogen and oxygen atoms in total. The van der Waals surface area contributed by atoms with Gasteiger partial charge in [-0.05, 0) is 66.2 Å². The number of aryl methyl sites for hydroxylation is 2. The number of hydrogen-bond donors (Lipinski definition) is 0. The molecule has 4 aromatic carbocycles. The van der Waals surface area contributed by atoms with Crippen molar-refractivity contribution in [3.63, 3.8) is 0 Å². The molecule has 0 bridgehead atoms. The van der Waals surface area contributed by atoms with E-state index in [1.54, 1.807) is 42.5 Å². The fraction of sp³-hybridized carbons (Fsp3) is 0.0667. The van der Waals surface area contributed by atoms with E-state index < -0.39 is 5.97 Å². The number of fused-ring (bicyclic) bond motifs is 1. The lowest BCUT2D eigenvalue weighted by molar-refractivity contribution is 0.0733. The summed E-state index contributed by atoms with van der Waals surface area (Å²) in [5.74, 6) is 0.172. The molecule has 0 spiro atoms. The van der Waals surface area contributed by atoms with Crippen LogP contribution in [0, 0.1) is 13.8 Å². The maximum Gasteiger partial charge on any atom is 0.343 e. The molecule has 0 amide bonds. The number of esters is 1. The minimum atomic E-state index is -0.507. The molecule has 188 valence electrons. The van der Waals surface area contributed by atoms with E-state index in [1.807, 2.05) is 56.3 Å². The highest BCUT2D eigenvalue weighted by Crippen LogP contribution is 2.33. The number of rotatable bonds is 5. The largest absolute Gasteiger partial charge is 0.421 e. The second kappa shape index (κ2) is 10.8. The first-order valence-corrected chi connectivity index (χ1v) is 13.3. The summed E-state index contributed by atoms with van der Waals surface area (Å²) >= 11 is 6.98. The number of aromatic nitrogens is 2. The summed E-state index contributed by atoms with van der Waals surface area (Å²) in [6.45, 7) is 3.94. The van der Waals surface area contributed by atoms with Crippen LogP contribution in [0.15, 0.2) is 104 Å². The average molecular weight is 631 g/mol. The Morgan fingerprint density at radius 3 is 2.29 bits per heavy atom. The molecule has 1 aromatic heterocycles. The van der Waals surface area contributed by atoms with Gasteiger partial charge in [0.15, 0.2) is 11.6 Å². The molecule has 1 heterocycles. The fourth-order valence-electron chi connectivity index (χ4n) is 3.87. The van der Waals surface area contributed by atoms with Crippen LogP contribution in [0.1, 0.15) is 27.0 Å². The molecule has 0 saturated heterocycles. The van der Waals surface area contributed by atoms with E-state index in [2.05, 4.69) is 37.0 Å². The Hall–Kier alpha value is -3.88. The van der Waals surface area contributed by atoms with Gasteiger partial charge < -0.3 is 4.74 Å². The number of carbonyl (C=O) groups excluding carboxylic acids is 1. The Bertz CT molecular complexity index is 1760. The van der Waals surface area contributed by atoms with Crippen LogP contribution in [0.4, 0.5) is 0 Å². The van der Waals surface area contributed by atoms with Crippen LogP contribution in [0.2, 0.25) is 0 Å². The van der Waals surface area contributed by atoms with Gasteiger partial charge in [0, 0.05) is 15.6 Å². The monoisotopic (exact) mass is 629 g/mol. The van der Waals surface area contributed by atoms with E-state index in [4.69, 9.17) is 9.72 Å². The second-order valence-corrected chi connectivity index (χ2v) is 10.5. The molecule has 0 aliphatic rings. The molecule has 5 aromatic rings. The maximum absolute atomic E-state index is 13.5. The van der Waals surface area contributed by atoms with Crippen molar-refractivity contribution in [2.45, 2.75) is 13.8 Å². The van der Waals surface area contributed by atoms with Crippen LogP contribution in [0.25, 0.3) is 22.3 Å². The number of carbonyl (C=O) groups is 1. The molecule has 0 atom stereocenters. The Morgan fingerprint density at radius 1 is 0.921 bits per heavy atom. The lowest BCUT2D eigenvalue weighted by Gasteiger charge is -2.12. The first-order valence-electron chi connectivity index (χ1n) is 11.7. The average Bonchev–Trinajstić information content (AvgIpc) is 2.90. The van der Waals surface area contributed by atoms with Crippen molar-refractivity contribution < 1.29 is 9.53 Å². The van der Waals surface area contributed by atoms with Gasteiger partial charge in [-0.2, -0.15) is 9.78 Å². The van der Waals surface area contributed by atoms with Gasteiger partial charge in [-0.25, -0.2) is 9.78 Å². The number of ether oxygens (including phenoxy) is 1. The van der Waals surface area contributed by atoms with Gasteiger partial charge in [0.25, 0.3) is 5.56 Å². The summed E-state index contributed by atoms with van der Waals surface area (Å²) in [5.41, 5.74) is 4.06. The molecule has 0 aliphatic heterocycles. The zero-order chi connectivity index (χ0) is 26.8. The highest BCUT2D eigenvalue weighted by molar-refractivity contribution is 9.11. The van der Waals surface area contributed by atoms with Crippen LogP contribution in [-0.4, -0.2) is 21.8 Å². The number of nitrogens with zero attached hydrogens (tertiary/aromatic N) is 3. The van der Waals surface area contributed by atoms with Gasteiger partial charge in [-0.1, -0.05) is 75.6 Å². The summed E-state index contributed by atoms with van der Waals surface area (Å²) in [5, 5.41) is 4.99. The predicted octanol–water partition coefficient (Wildman–Crippen LogP) is 7.31. The van der Waals surface area contributed by atoms with Gasteiger partial charge >= 0.3 is 5.97 Å². The van der Waals surface area contributed by atoms with Crippen molar-refractivity contribution in [2.75, 3.05) is 0 Å². The molecule has 0 saturated carbocycles. The molecule has 8 heteroatoms. The Kier molecular flexibility index (Phi) is 7.35. The Morgan fingerprint density at radius 2 is 1.58 bits per heavy atom. The van der Waals surface area contributed by atoms with Crippen LogP contribution >= 0.6 is 31.9 Å². The van der Waals surface area contributed by atoms with Gasteiger partial charge in [0.2, 0.25) is 0 Å². The van der Waals surface area contributed by atoms with E-state index in [0.29, 0.717) is 32.3 Å². The smallest absolute Gasteiger partial charge is 0.343 e. The van der Waals surface area contributed by atoms with Crippen molar-refractivity contribution in [3.05, 3.63) is 126 Å². The van der Waals surface area contributed by atoms with Crippen LogP contribution in [0.3, 0.4) is 0 Å². The highest BCUT2D eigenvalue weighted by Gasteiger charge is 2.17. The molecule has 0 aliphatic carbocycles. The van der Waals surface area contributed by atoms with Gasteiger partial charge in [-0.3, -0.25) is 4.79 Å². The minimum absolute atomic E-state index is 0.279. The molecule has 0 unspecified atom stereocenters. The zero-order valence-corrected chi connectivity index (χ0v) is 23.7. The molecular weight excluding hydrogens is 610 g/mol. The van der Waals surface area contributed by atoms with E-state index in [0.717, 1.165) is 21.2 Å². The molecule has 5 rings (SSSR count). The molecule has 0 radical (unpaired) electrons. The maximum atomic E-state index is 13.5. The Balaban J connectivity index is 1.62. The topological polar surface area (TPSA) is 73.5 Å². The summed E-state index contributed by atoms with van der Waals surface area (Å²) in [4.78, 5) is 31.2. The van der Waals surface area contributed by atoms with Gasteiger partial charge in [0.1, 0.15) is 0 Å². The van der Waals surface area contributed by atoms with E-state index in [9.17, 15) is 9.59 Å². The number of halogens is 2. The minimum Gasteiger partial charge on any atom is -0.421 e. The van der Waals surface area contributed by atoms with E-state index >= 15 is 0 Å². The lowest BCUT2D eigenvalue weighted by atomic mass is 10.1. The molecule has 0 N–H and O–H groups in total. The van der Waals surface area contributed by atoms with E-state index in [1.165, 1.54) is 10.9 Å². The van der Waals surface area contributed by atoms with Crippen molar-refractivity contribution in [1.82, 2.24) is 9.66 Å². The first-order chi connectivity index (χ1) is 18.3. The molecule has 38 heavy (non-hydrogen) atoms. The molecule has 0 fully saturated rings. The van der Waals surface area contributed by atoms with Gasteiger partial charge in [0.05, 0.1) is 27.2 Å². The Labute approximate surface area is 235 Å². The number of para-hydroxylation sites is 1. The van der Waals surface area contributed by atoms with Crippen molar-refractivity contribution >= 4 is 54.9 Å². The predicted molar refractivity (Wildman–Crippen MR) is 157 cm³/mol. The lowest BCUT2D eigenvalue weighted by Crippen LogP contribution is -2.20. The molecular formula is C30H21Br2N3O3.